The van der Waals surface area contributed by atoms with Crippen LogP contribution < -0.4 is 10.5 Å². The van der Waals surface area contributed by atoms with E-state index in [-0.39, 0.29) is 17.9 Å². The summed E-state index contributed by atoms with van der Waals surface area (Å²) < 4.78 is 26.8. The third-order valence-corrected chi connectivity index (χ3v) is 4.71. The number of benzene rings is 1. The Bertz CT molecular complexity index is 543. The lowest BCUT2D eigenvalue weighted by atomic mass is 10.2. The number of sulfonamides is 1. The van der Waals surface area contributed by atoms with Crippen LogP contribution in [0.2, 0.25) is 0 Å². The van der Waals surface area contributed by atoms with Crippen LogP contribution in [0.5, 0.6) is 0 Å². The van der Waals surface area contributed by atoms with Crippen molar-refractivity contribution in [1.29, 1.82) is 0 Å². The van der Waals surface area contributed by atoms with Crippen LogP contribution >= 0.6 is 15.9 Å². The number of nitrogens with one attached hydrogen (secondary N) is 1. The Hall–Kier alpha value is -0.920. The number of nitrogens with two attached hydrogens (primary N) is 1. The summed E-state index contributed by atoms with van der Waals surface area (Å²) in [5, 5.41) is 0. The van der Waals surface area contributed by atoms with Crippen molar-refractivity contribution < 1.29 is 13.2 Å². The zero-order valence-electron chi connectivity index (χ0n) is 9.94. The Kier molecular flexibility index (Phi) is 5.30. The molecule has 5 nitrogen and oxygen atoms in total. The Morgan fingerprint density at radius 3 is 2.67 bits per heavy atom. The Labute approximate surface area is 115 Å². The fourth-order valence-electron chi connectivity index (χ4n) is 1.37. The van der Waals surface area contributed by atoms with E-state index in [0.717, 1.165) is 5.56 Å². The highest BCUT2D eigenvalue weighted by Gasteiger charge is 2.16. The number of rotatable bonds is 6. The second-order valence-electron chi connectivity index (χ2n) is 3.90. The largest absolute Gasteiger partial charge is 0.370 e. The molecule has 18 heavy (non-hydrogen) atoms. The number of hydrogen-bond acceptors (Lipinski definition) is 3. The smallest absolute Gasteiger partial charge is 0.241 e. The third-order valence-electron chi connectivity index (χ3n) is 2.27. The number of amides is 1. The highest BCUT2D eigenvalue weighted by molar-refractivity contribution is 9.10. The van der Waals surface area contributed by atoms with Crippen molar-refractivity contribution >= 4 is 31.9 Å². The molecule has 1 rings (SSSR count). The van der Waals surface area contributed by atoms with Gasteiger partial charge >= 0.3 is 0 Å². The van der Waals surface area contributed by atoms with Crippen LogP contribution in [0.4, 0.5) is 0 Å². The van der Waals surface area contributed by atoms with E-state index >= 15 is 0 Å². The molecule has 0 aliphatic carbocycles. The maximum absolute atomic E-state index is 12.0. The summed E-state index contributed by atoms with van der Waals surface area (Å²) in [5.74, 6) is -0.439. The molecular formula is C11H15BrN2O3S. The number of primary amides is 1. The van der Waals surface area contributed by atoms with Crippen LogP contribution in [0.15, 0.2) is 27.6 Å². The summed E-state index contributed by atoms with van der Waals surface area (Å²) in [6, 6.07) is 5.00. The summed E-state index contributed by atoms with van der Waals surface area (Å²) in [6.45, 7) is 2.06. The van der Waals surface area contributed by atoms with Crippen molar-refractivity contribution in [1.82, 2.24) is 4.72 Å². The Balaban J connectivity index is 2.71. The van der Waals surface area contributed by atoms with Crippen LogP contribution in [0.3, 0.4) is 0 Å². The average Bonchev–Trinajstić information content (AvgIpc) is 2.23. The van der Waals surface area contributed by atoms with Gasteiger partial charge in [-0.1, -0.05) is 6.07 Å². The van der Waals surface area contributed by atoms with Crippen molar-refractivity contribution in [2.45, 2.75) is 24.7 Å². The first kappa shape index (κ1) is 15.1. The third kappa shape index (κ3) is 4.40. The van der Waals surface area contributed by atoms with Crippen molar-refractivity contribution in [3.63, 3.8) is 0 Å². The molecule has 0 radical (unpaired) electrons. The fourth-order valence-corrected chi connectivity index (χ4v) is 3.63. The predicted molar refractivity (Wildman–Crippen MR) is 72.5 cm³/mol. The Morgan fingerprint density at radius 1 is 1.44 bits per heavy atom. The van der Waals surface area contributed by atoms with Gasteiger partial charge in [-0.3, -0.25) is 4.79 Å². The monoisotopic (exact) mass is 334 g/mol. The lowest BCUT2D eigenvalue weighted by molar-refractivity contribution is -0.118. The average molecular weight is 335 g/mol. The maximum atomic E-state index is 12.0. The highest BCUT2D eigenvalue weighted by Crippen LogP contribution is 2.22. The first-order valence-electron chi connectivity index (χ1n) is 5.37. The van der Waals surface area contributed by atoms with Crippen molar-refractivity contribution in [3.8, 4) is 0 Å². The number of hydrogen-bond donors (Lipinski definition) is 2. The van der Waals surface area contributed by atoms with Gasteiger partial charge in [0.25, 0.3) is 0 Å². The minimum absolute atomic E-state index is 0.164. The van der Waals surface area contributed by atoms with Crippen LogP contribution in [-0.4, -0.2) is 20.9 Å². The number of halogens is 1. The molecule has 0 unspecified atom stereocenters. The highest BCUT2D eigenvalue weighted by atomic mass is 79.9. The van der Waals surface area contributed by atoms with E-state index in [4.69, 9.17) is 5.73 Å². The first-order valence-corrected chi connectivity index (χ1v) is 7.64. The van der Waals surface area contributed by atoms with Gasteiger partial charge in [-0.2, -0.15) is 0 Å². The lowest BCUT2D eigenvalue weighted by Gasteiger charge is -2.08. The fraction of sp³-hybridized carbons (Fsp3) is 0.364. The van der Waals surface area contributed by atoms with Gasteiger partial charge in [0.05, 0.1) is 4.90 Å². The van der Waals surface area contributed by atoms with E-state index in [9.17, 15) is 13.2 Å². The van der Waals surface area contributed by atoms with E-state index in [1.165, 1.54) is 6.07 Å². The summed E-state index contributed by atoms with van der Waals surface area (Å²) in [6.07, 6.45) is 0.551. The van der Waals surface area contributed by atoms with Crippen molar-refractivity contribution in [3.05, 3.63) is 28.2 Å². The number of carbonyl (C=O) groups excluding carboxylic acids is 1. The molecule has 1 aromatic rings. The van der Waals surface area contributed by atoms with E-state index in [1.54, 1.807) is 12.1 Å². The molecule has 3 N–H and O–H groups in total. The molecule has 0 saturated heterocycles. The summed E-state index contributed by atoms with van der Waals surface area (Å²) >= 11 is 3.22. The summed E-state index contributed by atoms with van der Waals surface area (Å²) in [7, 11) is -3.55. The van der Waals surface area contributed by atoms with Gasteiger partial charge in [0, 0.05) is 17.4 Å². The van der Waals surface area contributed by atoms with Gasteiger partial charge in [0.2, 0.25) is 15.9 Å². The zero-order chi connectivity index (χ0) is 13.8. The summed E-state index contributed by atoms with van der Waals surface area (Å²) in [4.78, 5) is 10.7. The molecule has 0 aromatic heterocycles. The van der Waals surface area contributed by atoms with E-state index < -0.39 is 15.9 Å². The minimum atomic E-state index is -3.55. The van der Waals surface area contributed by atoms with Gasteiger partial charge in [0.1, 0.15) is 0 Å². The lowest BCUT2D eigenvalue weighted by Crippen LogP contribution is -2.26. The van der Waals surface area contributed by atoms with E-state index in [1.807, 2.05) is 6.92 Å². The van der Waals surface area contributed by atoms with Crippen LogP contribution in [0.1, 0.15) is 18.4 Å². The molecule has 0 fully saturated rings. The van der Waals surface area contributed by atoms with E-state index in [0.29, 0.717) is 10.9 Å². The molecule has 0 atom stereocenters. The van der Waals surface area contributed by atoms with Gasteiger partial charge < -0.3 is 5.73 Å². The molecule has 0 aliphatic rings. The second kappa shape index (κ2) is 6.31. The topological polar surface area (TPSA) is 89.3 Å². The standard InChI is InChI=1S/C11H15BrN2O3S/c1-8-4-5-10(9(12)7-8)18(16,17)14-6-2-3-11(13)15/h4-5,7,14H,2-3,6H2,1H3,(H2,13,15). The van der Waals surface area contributed by atoms with Crippen LogP contribution in [0.25, 0.3) is 0 Å². The number of carbonyl (C=O) groups is 1. The van der Waals surface area contributed by atoms with Gasteiger partial charge in [-0.05, 0) is 47.0 Å². The normalized spacial score (nSPS) is 11.4. The van der Waals surface area contributed by atoms with Gasteiger partial charge in [-0.25, -0.2) is 13.1 Å². The minimum Gasteiger partial charge on any atom is -0.370 e. The zero-order valence-corrected chi connectivity index (χ0v) is 12.3. The Morgan fingerprint density at radius 2 is 2.11 bits per heavy atom. The van der Waals surface area contributed by atoms with Crippen molar-refractivity contribution in [2.24, 2.45) is 5.73 Å². The van der Waals surface area contributed by atoms with Crippen molar-refractivity contribution in [2.75, 3.05) is 6.54 Å². The van der Waals surface area contributed by atoms with Crippen LogP contribution in [0, 0.1) is 6.92 Å². The quantitative estimate of drug-likeness (QED) is 0.768. The molecule has 1 aromatic carbocycles. The molecule has 1 amide bonds. The molecule has 7 heteroatoms. The molecule has 0 aliphatic heterocycles. The second-order valence-corrected chi connectivity index (χ2v) is 6.49. The first-order chi connectivity index (χ1) is 8.33. The molecular weight excluding hydrogens is 320 g/mol. The molecule has 0 bridgehead atoms. The van der Waals surface area contributed by atoms with Crippen LogP contribution in [-0.2, 0) is 14.8 Å². The van der Waals surface area contributed by atoms with Gasteiger partial charge in [0.15, 0.2) is 0 Å². The molecule has 0 saturated carbocycles. The summed E-state index contributed by atoms with van der Waals surface area (Å²) in [5.41, 5.74) is 5.94. The molecule has 100 valence electrons. The maximum Gasteiger partial charge on any atom is 0.241 e. The SMILES string of the molecule is Cc1ccc(S(=O)(=O)NCCCC(N)=O)c(Br)c1. The molecule has 0 spiro atoms. The molecule has 0 heterocycles. The van der Waals surface area contributed by atoms with Gasteiger partial charge in [-0.15, -0.1) is 0 Å². The predicted octanol–water partition coefficient (Wildman–Crippen LogP) is 1.30. The van der Waals surface area contributed by atoms with E-state index in [2.05, 4.69) is 20.7 Å². The number of aryl methyl sites for hydroxylation is 1.